The maximum atomic E-state index is 5.76. The molecule has 0 spiro atoms. The minimum Gasteiger partial charge on any atom is -0.381 e. The summed E-state index contributed by atoms with van der Waals surface area (Å²) in [6, 6.07) is 0. The van der Waals surface area contributed by atoms with Crippen LogP contribution in [0.15, 0.2) is 0 Å². The Balaban J connectivity index is 2.98. The second-order valence-electron chi connectivity index (χ2n) is 9.20. The molecule has 2 nitrogen and oxygen atoms in total. The fraction of sp³-hybridized carbons (Fsp3) is 1.00. The first-order chi connectivity index (χ1) is 15.4. The van der Waals surface area contributed by atoms with Crippen LogP contribution in [-0.4, -0.2) is 37.9 Å². The predicted molar refractivity (Wildman–Crippen MR) is 143 cm³/mol. The Bertz CT molecular complexity index is 271. The Kier molecular flexibility index (Phi) is 30.5. The molecule has 0 aromatic heterocycles. The Morgan fingerprint density at radius 3 is 0.968 bits per heavy atom. The van der Waals surface area contributed by atoms with Gasteiger partial charge in [0.1, 0.15) is 0 Å². The van der Waals surface area contributed by atoms with Crippen molar-refractivity contribution in [1.82, 2.24) is 0 Å². The highest BCUT2D eigenvalue weighted by Crippen LogP contribution is 2.11. The zero-order valence-electron chi connectivity index (χ0n) is 21.6. The van der Waals surface area contributed by atoms with Gasteiger partial charge in [0.05, 0.1) is 13.2 Å². The summed E-state index contributed by atoms with van der Waals surface area (Å²) in [6.45, 7) is 8.28. The molecule has 0 radical (unpaired) electrons. The zero-order chi connectivity index (χ0) is 22.5. The summed E-state index contributed by atoms with van der Waals surface area (Å²) in [5, 5.41) is 0. The molecule has 0 atom stereocenters. The van der Waals surface area contributed by atoms with Gasteiger partial charge in [-0.25, -0.2) is 0 Å². The summed E-state index contributed by atoms with van der Waals surface area (Å²) >= 11 is 1.97. The average molecular weight is 459 g/mol. The number of ether oxygens (including phenoxy) is 2. The summed E-state index contributed by atoms with van der Waals surface area (Å²) in [5.74, 6) is 2.22. The number of hydrogen-bond acceptors (Lipinski definition) is 3. The minimum absolute atomic E-state index is 0.903. The SMILES string of the molecule is CCCCCCCCCCCCOCCSCCOCCCCCCCCCCCC. The van der Waals surface area contributed by atoms with Crippen molar-refractivity contribution in [3.8, 4) is 0 Å². The number of hydrogen-bond donors (Lipinski definition) is 0. The van der Waals surface area contributed by atoms with Gasteiger partial charge in [-0.3, -0.25) is 0 Å². The normalized spacial score (nSPS) is 11.4. The molecule has 0 aliphatic carbocycles. The van der Waals surface area contributed by atoms with Crippen LogP contribution in [0.25, 0.3) is 0 Å². The van der Waals surface area contributed by atoms with E-state index in [0.29, 0.717) is 0 Å². The van der Waals surface area contributed by atoms with Gasteiger partial charge >= 0.3 is 0 Å². The monoisotopic (exact) mass is 458 g/mol. The largest absolute Gasteiger partial charge is 0.381 e. The second kappa shape index (κ2) is 30.3. The fourth-order valence-electron chi connectivity index (χ4n) is 3.93. The molecule has 0 saturated heterocycles. The zero-order valence-corrected chi connectivity index (χ0v) is 22.4. The Hall–Kier alpha value is 0.270. The van der Waals surface area contributed by atoms with E-state index in [0.717, 1.165) is 37.9 Å². The van der Waals surface area contributed by atoms with Gasteiger partial charge in [-0.2, -0.15) is 11.8 Å². The highest BCUT2D eigenvalue weighted by Gasteiger charge is 1.96. The van der Waals surface area contributed by atoms with Crippen molar-refractivity contribution in [2.75, 3.05) is 37.9 Å². The summed E-state index contributed by atoms with van der Waals surface area (Å²) in [7, 11) is 0. The molecule has 0 aliphatic rings. The van der Waals surface area contributed by atoms with E-state index >= 15 is 0 Å². The maximum absolute atomic E-state index is 5.76. The molecular formula is C28H58O2S. The van der Waals surface area contributed by atoms with E-state index in [2.05, 4.69) is 13.8 Å². The molecule has 3 heteroatoms. The van der Waals surface area contributed by atoms with E-state index in [-0.39, 0.29) is 0 Å². The van der Waals surface area contributed by atoms with E-state index in [4.69, 9.17) is 9.47 Å². The van der Waals surface area contributed by atoms with Crippen LogP contribution in [0.5, 0.6) is 0 Å². The van der Waals surface area contributed by atoms with Gasteiger partial charge in [0.2, 0.25) is 0 Å². The van der Waals surface area contributed by atoms with Crippen molar-refractivity contribution in [3.05, 3.63) is 0 Å². The van der Waals surface area contributed by atoms with Crippen molar-refractivity contribution in [2.24, 2.45) is 0 Å². The lowest BCUT2D eigenvalue weighted by atomic mass is 10.1. The van der Waals surface area contributed by atoms with Crippen molar-refractivity contribution in [2.45, 2.75) is 142 Å². The number of thioether (sulfide) groups is 1. The van der Waals surface area contributed by atoms with Crippen LogP contribution in [0.2, 0.25) is 0 Å². The quantitative estimate of drug-likeness (QED) is 0.109. The van der Waals surface area contributed by atoms with E-state index in [9.17, 15) is 0 Å². The van der Waals surface area contributed by atoms with Crippen LogP contribution in [-0.2, 0) is 9.47 Å². The standard InChI is InChI=1S/C28H58O2S/c1-3-5-7-9-11-13-15-17-19-21-23-29-25-27-31-28-26-30-24-22-20-18-16-14-12-10-8-6-4-2/h3-28H2,1-2H3. The summed E-state index contributed by atoms with van der Waals surface area (Å²) in [6.07, 6.45) is 27.8. The Morgan fingerprint density at radius 1 is 0.355 bits per heavy atom. The summed E-state index contributed by atoms with van der Waals surface area (Å²) in [4.78, 5) is 0. The molecule has 0 rings (SSSR count). The highest BCUT2D eigenvalue weighted by atomic mass is 32.2. The van der Waals surface area contributed by atoms with Gasteiger partial charge in [-0.15, -0.1) is 0 Å². The summed E-state index contributed by atoms with van der Waals surface area (Å²) in [5.41, 5.74) is 0. The van der Waals surface area contributed by atoms with Gasteiger partial charge in [0, 0.05) is 24.7 Å². The molecule has 0 amide bonds. The minimum atomic E-state index is 0.903. The molecule has 188 valence electrons. The molecule has 31 heavy (non-hydrogen) atoms. The van der Waals surface area contributed by atoms with Crippen LogP contribution < -0.4 is 0 Å². The van der Waals surface area contributed by atoms with Crippen molar-refractivity contribution < 1.29 is 9.47 Å². The maximum Gasteiger partial charge on any atom is 0.0556 e. The smallest absolute Gasteiger partial charge is 0.0556 e. The van der Waals surface area contributed by atoms with Crippen LogP contribution in [0.1, 0.15) is 142 Å². The first kappa shape index (κ1) is 31.3. The van der Waals surface area contributed by atoms with E-state index in [1.807, 2.05) is 11.8 Å². The first-order valence-electron chi connectivity index (χ1n) is 14.1. The van der Waals surface area contributed by atoms with Gasteiger partial charge < -0.3 is 9.47 Å². The topological polar surface area (TPSA) is 18.5 Å². The third-order valence-corrected chi connectivity index (χ3v) is 6.94. The van der Waals surface area contributed by atoms with E-state index < -0.39 is 0 Å². The van der Waals surface area contributed by atoms with Crippen molar-refractivity contribution in [1.29, 1.82) is 0 Å². The molecule has 0 aliphatic heterocycles. The van der Waals surface area contributed by atoms with Crippen molar-refractivity contribution >= 4 is 11.8 Å². The second-order valence-corrected chi connectivity index (χ2v) is 10.4. The molecule has 0 aromatic carbocycles. The lowest BCUT2D eigenvalue weighted by Crippen LogP contribution is -2.03. The predicted octanol–water partition coefficient (Wildman–Crippen LogP) is 9.59. The van der Waals surface area contributed by atoms with Crippen molar-refractivity contribution in [3.63, 3.8) is 0 Å². The third-order valence-electron chi connectivity index (χ3n) is 6.03. The number of unbranched alkanes of at least 4 members (excludes halogenated alkanes) is 18. The molecule has 0 fully saturated rings. The Morgan fingerprint density at radius 2 is 0.645 bits per heavy atom. The van der Waals surface area contributed by atoms with Gasteiger partial charge in [-0.1, -0.05) is 129 Å². The van der Waals surface area contributed by atoms with Crippen LogP contribution >= 0.6 is 11.8 Å². The number of rotatable bonds is 28. The average Bonchev–Trinajstić information content (AvgIpc) is 2.78. The molecule has 0 bridgehead atoms. The van der Waals surface area contributed by atoms with E-state index in [1.54, 1.807) is 0 Å². The van der Waals surface area contributed by atoms with E-state index in [1.165, 1.54) is 128 Å². The molecule has 0 N–H and O–H groups in total. The molecule has 0 unspecified atom stereocenters. The molecule has 0 saturated carbocycles. The molecular weight excluding hydrogens is 400 g/mol. The fourth-order valence-corrected chi connectivity index (χ4v) is 4.60. The van der Waals surface area contributed by atoms with Gasteiger partial charge in [0.25, 0.3) is 0 Å². The first-order valence-corrected chi connectivity index (χ1v) is 15.3. The lowest BCUT2D eigenvalue weighted by Gasteiger charge is -2.06. The van der Waals surface area contributed by atoms with Crippen LogP contribution in [0.3, 0.4) is 0 Å². The molecule has 0 heterocycles. The van der Waals surface area contributed by atoms with Gasteiger partial charge in [0.15, 0.2) is 0 Å². The Labute approximate surface area is 201 Å². The van der Waals surface area contributed by atoms with Crippen LogP contribution in [0.4, 0.5) is 0 Å². The van der Waals surface area contributed by atoms with Crippen LogP contribution in [0, 0.1) is 0 Å². The van der Waals surface area contributed by atoms with Gasteiger partial charge in [-0.05, 0) is 12.8 Å². The lowest BCUT2D eigenvalue weighted by molar-refractivity contribution is 0.142. The molecule has 0 aromatic rings. The summed E-state index contributed by atoms with van der Waals surface area (Å²) < 4.78 is 11.5. The highest BCUT2D eigenvalue weighted by molar-refractivity contribution is 7.99. The third kappa shape index (κ3) is 30.3.